The number of nitrogens with zero attached hydrogens (tertiary/aromatic N) is 4. The van der Waals surface area contributed by atoms with Crippen LogP contribution in [-0.4, -0.2) is 25.7 Å². The Morgan fingerprint density at radius 3 is 2.59 bits per heavy atom. The molecule has 2 aromatic carbocycles. The summed E-state index contributed by atoms with van der Waals surface area (Å²) in [5.41, 5.74) is 4.47. The first-order valence-corrected chi connectivity index (χ1v) is 8.41. The van der Waals surface area contributed by atoms with Crippen molar-refractivity contribution in [1.29, 1.82) is 0 Å². The van der Waals surface area contributed by atoms with Crippen molar-refractivity contribution in [3.63, 3.8) is 0 Å². The van der Waals surface area contributed by atoms with Crippen molar-refractivity contribution in [2.45, 2.75) is 13.5 Å². The molecular formula is C20H16FN5O. The molecule has 7 heteroatoms. The summed E-state index contributed by atoms with van der Waals surface area (Å²) >= 11 is 0. The van der Waals surface area contributed by atoms with Gasteiger partial charge < -0.3 is 5.32 Å². The van der Waals surface area contributed by atoms with Crippen molar-refractivity contribution in [3.05, 3.63) is 83.6 Å². The van der Waals surface area contributed by atoms with Crippen molar-refractivity contribution < 1.29 is 9.18 Å². The van der Waals surface area contributed by atoms with Gasteiger partial charge >= 0.3 is 0 Å². The molecule has 0 aliphatic carbocycles. The van der Waals surface area contributed by atoms with E-state index in [4.69, 9.17) is 0 Å². The van der Waals surface area contributed by atoms with E-state index in [1.54, 1.807) is 18.2 Å². The molecule has 0 unspecified atom stereocenters. The van der Waals surface area contributed by atoms with Crippen molar-refractivity contribution in [2.24, 2.45) is 0 Å². The fourth-order valence-corrected chi connectivity index (χ4v) is 2.76. The minimum Gasteiger partial charge on any atom is -0.347 e. The molecule has 0 atom stereocenters. The summed E-state index contributed by atoms with van der Waals surface area (Å²) in [6.45, 7) is 2.29. The van der Waals surface area contributed by atoms with Crippen LogP contribution in [-0.2, 0) is 6.54 Å². The van der Waals surface area contributed by atoms with E-state index in [1.807, 2.05) is 31.2 Å². The van der Waals surface area contributed by atoms with Crippen LogP contribution in [0.2, 0.25) is 0 Å². The molecule has 1 N–H and O–H groups in total. The average molecular weight is 361 g/mol. The lowest BCUT2D eigenvalue weighted by Crippen LogP contribution is -2.24. The molecule has 134 valence electrons. The topological polar surface area (TPSA) is 72.2 Å². The van der Waals surface area contributed by atoms with E-state index in [-0.39, 0.29) is 24.0 Å². The molecule has 1 amide bonds. The molecule has 0 spiro atoms. The van der Waals surface area contributed by atoms with Gasteiger partial charge in [0.2, 0.25) is 0 Å². The number of aryl methyl sites for hydroxylation is 1. The maximum atomic E-state index is 13.0. The second-order valence-electron chi connectivity index (χ2n) is 6.22. The van der Waals surface area contributed by atoms with Crippen molar-refractivity contribution in [2.75, 3.05) is 0 Å². The molecule has 0 saturated carbocycles. The van der Waals surface area contributed by atoms with Crippen LogP contribution in [0.5, 0.6) is 0 Å². The Morgan fingerprint density at radius 2 is 1.85 bits per heavy atom. The van der Waals surface area contributed by atoms with E-state index in [0.717, 1.165) is 22.3 Å². The number of fused-ring (bicyclic) bond motifs is 1. The summed E-state index contributed by atoms with van der Waals surface area (Å²) in [6, 6.07) is 15.6. The zero-order valence-corrected chi connectivity index (χ0v) is 14.6. The van der Waals surface area contributed by atoms with Crippen LogP contribution in [0.3, 0.4) is 0 Å². The normalized spacial score (nSPS) is 10.9. The van der Waals surface area contributed by atoms with E-state index < -0.39 is 0 Å². The van der Waals surface area contributed by atoms with Gasteiger partial charge in [-0.15, -0.1) is 10.2 Å². The van der Waals surface area contributed by atoms with Crippen LogP contribution < -0.4 is 5.32 Å². The number of rotatable bonds is 4. The molecule has 4 rings (SSSR count). The lowest BCUT2D eigenvalue weighted by molar-refractivity contribution is 0.0944. The number of benzene rings is 2. The first-order chi connectivity index (χ1) is 13.1. The number of amides is 1. The molecule has 2 heterocycles. The lowest BCUT2D eigenvalue weighted by Gasteiger charge is -2.08. The van der Waals surface area contributed by atoms with Gasteiger partial charge in [0.25, 0.3) is 5.91 Å². The van der Waals surface area contributed by atoms with E-state index in [9.17, 15) is 9.18 Å². The molecular weight excluding hydrogens is 345 g/mol. The van der Waals surface area contributed by atoms with Crippen molar-refractivity contribution in [3.8, 4) is 11.1 Å². The van der Waals surface area contributed by atoms with Crippen molar-refractivity contribution >= 4 is 11.6 Å². The Balaban J connectivity index is 1.64. The van der Waals surface area contributed by atoms with Crippen LogP contribution in [0.15, 0.2) is 60.9 Å². The summed E-state index contributed by atoms with van der Waals surface area (Å²) in [5.74, 6) is -0.643. The van der Waals surface area contributed by atoms with Gasteiger partial charge in [-0.1, -0.05) is 42.0 Å². The van der Waals surface area contributed by atoms with Gasteiger partial charge in [0, 0.05) is 12.1 Å². The number of hydrogen-bond donors (Lipinski definition) is 1. The Labute approximate surface area is 154 Å². The van der Waals surface area contributed by atoms with Gasteiger partial charge in [-0.25, -0.2) is 4.39 Å². The molecule has 2 aromatic heterocycles. The number of aromatic nitrogens is 4. The largest absolute Gasteiger partial charge is 0.347 e. The zero-order chi connectivity index (χ0) is 18.8. The van der Waals surface area contributed by atoms with E-state index in [2.05, 4.69) is 20.6 Å². The highest BCUT2D eigenvalue weighted by Crippen LogP contribution is 2.24. The minimum atomic E-state index is -0.330. The highest BCUT2D eigenvalue weighted by atomic mass is 19.1. The predicted molar refractivity (Wildman–Crippen MR) is 98.5 cm³/mol. The molecule has 27 heavy (non-hydrogen) atoms. The summed E-state index contributed by atoms with van der Waals surface area (Å²) in [6.07, 6.45) is 1.46. The number of halogens is 1. The Kier molecular flexibility index (Phi) is 4.33. The number of carbonyl (C=O) groups is 1. The third-order valence-electron chi connectivity index (χ3n) is 4.23. The third-order valence-corrected chi connectivity index (χ3v) is 4.23. The number of hydrogen-bond acceptors (Lipinski definition) is 4. The van der Waals surface area contributed by atoms with Gasteiger partial charge in [-0.2, -0.15) is 9.61 Å². The standard InChI is InChI=1S/C20H16FN5O/c1-13-2-6-15(7-3-13)17-10-18(25-26-12-23-24-19(17)26)20(27)22-11-14-4-8-16(21)9-5-14/h2-10,12H,11H2,1H3,(H,22,27). The number of carbonyl (C=O) groups excluding carboxylic acids is 1. The minimum absolute atomic E-state index is 0.250. The Bertz CT molecular complexity index is 1100. The fourth-order valence-electron chi connectivity index (χ4n) is 2.76. The van der Waals surface area contributed by atoms with Gasteiger partial charge in [0.15, 0.2) is 5.65 Å². The predicted octanol–water partition coefficient (Wildman–Crippen LogP) is 3.17. The molecule has 0 bridgehead atoms. The zero-order valence-electron chi connectivity index (χ0n) is 14.6. The van der Waals surface area contributed by atoms with Crippen LogP contribution >= 0.6 is 0 Å². The number of nitrogens with one attached hydrogen (secondary N) is 1. The van der Waals surface area contributed by atoms with Gasteiger partial charge in [0.1, 0.15) is 17.8 Å². The highest BCUT2D eigenvalue weighted by molar-refractivity contribution is 5.94. The van der Waals surface area contributed by atoms with Crippen LogP contribution in [0.4, 0.5) is 4.39 Å². The van der Waals surface area contributed by atoms with Crippen LogP contribution in [0, 0.1) is 12.7 Å². The maximum absolute atomic E-state index is 13.0. The van der Waals surface area contributed by atoms with Crippen LogP contribution in [0.1, 0.15) is 21.6 Å². The Hall–Kier alpha value is -3.61. The second-order valence-corrected chi connectivity index (χ2v) is 6.22. The first-order valence-electron chi connectivity index (χ1n) is 8.41. The molecule has 4 aromatic rings. The SMILES string of the molecule is Cc1ccc(-c2cc(C(=O)NCc3ccc(F)cc3)nn3cnnc23)cc1. The molecule has 0 aliphatic rings. The van der Waals surface area contributed by atoms with Gasteiger partial charge in [-0.3, -0.25) is 4.79 Å². The van der Waals surface area contributed by atoms with E-state index >= 15 is 0 Å². The van der Waals surface area contributed by atoms with Crippen LogP contribution in [0.25, 0.3) is 16.8 Å². The summed E-state index contributed by atoms with van der Waals surface area (Å²) < 4.78 is 14.5. The van der Waals surface area contributed by atoms with Gasteiger partial charge in [0.05, 0.1) is 0 Å². The summed E-state index contributed by atoms with van der Waals surface area (Å²) in [4.78, 5) is 12.6. The van der Waals surface area contributed by atoms with E-state index in [0.29, 0.717) is 5.65 Å². The fraction of sp³-hybridized carbons (Fsp3) is 0.100. The first kappa shape index (κ1) is 16.8. The second kappa shape index (κ2) is 6.95. The third kappa shape index (κ3) is 3.52. The molecule has 6 nitrogen and oxygen atoms in total. The summed E-state index contributed by atoms with van der Waals surface area (Å²) in [5, 5.41) is 15.1. The monoisotopic (exact) mass is 361 g/mol. The van der Waals surface area contributed by atoms with Gasteiger partial charge in [-0.05, 0) is 36.2 Å². The average Bonchev–Trinajstić information content (AvgIpc) is 3.16. The quantitative estimate of drug-likeness (QED) is 0.606. The molecule has 0 saturated heterocycles. The highest BCUT2D eigenvalue weighted by Gasteiger charge is 2.15. The molecule has 0 fully saturated rings. The maximum Gasteiger partial charge on any atom is 0.272 e. The smallest absolute Gasteiger partial charge is 0.272 e. The Morgan fingerprint density at radius 1 is 1.11 bits per heavy atom. The van der Waals surface area contributed by atoms with Crippen molar-refractivity contribution in [1.82, 2.24) is 25.1 Å². The molecule has 0 aliphatic heterocycles. The summed E-state index contributed by atoms with van der Waals surface area (Å²) in [7, 11) is 0. The molecule has 0 radical (unpaired) electrons. The lowest BCUT2D eigenvalue weighted by atomic mass is 10.0. The van der Waals surface area contributed by atoms with E-state index in [1.165, 1.54) is 23.0 Å².